The molecule has 0 bridgehead atoms. The van der Waals surface area contributed by atoms with Gasteiger partial charge in [0.2, 0.25) is 0 Å². The third-order valence-electron chi connectivity index (χ3n) is 4.52. The predicted octanol–water partition coefficient (Wildman–Crippen LogP) is 1.55. The maximum atomic E-state index is 4.91. The minimum absolute atomic E-state index is 0.739. The summed E-state index contributed by atoms with van der Waals surface area (Å²) in [4.78, 5) is 7.40. The van der Waals surface area contributed by atoms with Crippen LogP contribution >= 0.6 is 0 Å². The molecule has 1 fully saturated rings. The van der Waals surface area contributed by atoms with E-state index in [-0.39, 0.29) is 0 Å². The minimum atomic E-state index is 0.739. The van der Waals surface area contributed by atoms with E-state index >= 15 is 0 Å². The second-order valence-corrected chi connectivity index (χ2v) is 5.99. The fourth-order valence-electron chi connectivity index (χ4n) is 3.18. The average molecular weight is 271 g/mol. The molecule has 3 heterocycles. The lowest BCUT2D eigenvalue weighted by atomic mass is 10.1. The summed E-state index contributed by atoms with van der Waals surface area (Å²) < 4.78 is 4.36. The highest BCUT2D eigenvalue weighted by molar-refractivity contribution is 5.23. The average Bonchev–Trinajstić information content (AvgIpc) is 3.07. The molecule has 2 aliphatic rings. The Bertz CT molecular complexity index is 594. The molecule has 106 valence electrons. The van der Waals surface area contributed by atoms with E-state index in [0.29, 0.717) is 0 Å². The van der Waals surface area contributed by atoms with Crippen molar-refractivity contribution in [3.8, 4) is 0 Å². The van der Waals surface area contributed by atoms with Crippen molar-refractivity contribution in [3.05, 3.63) is 35.7 Å². The van der Waals surface area contributed by atoms with Gasteiger partial charge < -0.3 is 4.57 Å². The SMILES string of the molecule is Cn1c(C2CC2)nc2c1CCN(CCn1cccn1)C2. The topological polar surface area (TPSA) is 38.9 Å². The zero-order valence-electron chi connectivity index (χ0n) is 12.0. The van der Waals surface area contributed by atoms with Crippen molar-refractivity contribution < 1.29 is 0 Å². The number of rotatable bonds is 4. The van der Waals surface area contributed by atoms with Crippen LogP contribution in [0.2, 0.25) is 0 Å². The Morgan fingerprint density at radius 3 is 2.95 bits per heavy atom. The molecule has 2 aromatic rings. The molecular weight excluding hydrogens is 250 g/mol. The molecule has 1 saturated carbocycles. The van der Waals surface area contributed by atoms with Crippen molar-refractivity contribution >= 4 is 0 Å². The fourth-order valence-corrected chi connectivity index (χ4v) is 3.18. The molecule has 0 N–H and O–H groups in total. The van der Waals surface area contributed by atoms with Gasteiger partial charge in [-0.3, -0.25) is 9.58 Å². The van der Waals surface area contributed by atoms with E-state index in [1.807, 2.05) is 23.1 Å². The quantitative estimate of drug-likeness (QED) is 0.847. The summed E-state index contributed by atoms with van der Waals surface area (Å²) in [5.74, 6) is 2.06. The molecule has 20 heavy (non-hydrogen) atoms. The first-order valence-corrected chi connectivity index (χ1v) is 7.55. The number of aromatic nitrogens is 4. The molecule has 2 aromatic heterocycles. The Labute approximate surface area is 119 Å². The lowest BCUT2D eigenvalue weighted by Gasteiger charge is -2.26. The zero-order valence-corrected chi connectivity index (χ0v) is 12.0. The Morgan fingerprint density at radius 2 is 2.20 bits per heavy atom. The van der Waals surface area contributed by atoms with E-state index in [2.05, 4.69) is 21.6 Å². The number of imidazole rings is 1. The summed E-state index contributed by atoms with van der Waals surface area (Å²) >= 11 is 0. The van der Waals surface area contributed by atoms with Crippen molar-refractivity contribution in [2.45, 2.75) is 38.3 Å². The maximum absolute atomic E-state index is 4.91. The molecule has 4 rings (SSSR count). The minimum Gasteiger partial charge on any atom is -0.335 e. The molecule has 0 radical (unpaired) electrons. The van der Waals surface area contributed by atoms with Gasteiger partial charge in [0.05, 0.1) is 12.2 Å². The molecule has 1 aliphatic carbocycles. The van der Waals surface area contributed by atoms with Crippen LogP contribution in [0.25, 0.3) is 0 Å². The number of hydrogen-bond donors (Lipinski definition) is 0. The maximum Gasteiger partial charge on any atom is 0.112 e. The fraction of sp³-hybridized carbons (Fsp3) is 0.600. The first kappa shape index (κ1) is 12.1. The third kappa shape index (κ3) is 2.16. The largest absolute Gasteiger partial charge is 0.335 e. The van der Waals surface area contributed by atoms with Gasteiger partial charge in [-0.25, -0.2) is 4.98 Å². The lowest BCUT2D eigenvalue weighted by Crippen LogP contribution is -2.33. The molecule has 0 spiro atoms. The molecule has 5 heteroatoms. The first-order valence-electron chi connectivity index (χ1n) is 7.55. The van der Waals surface area contributed by atoms with E-state index in [0.717, 1.165) is 38.5 Å². The van der Waals surface area contributed by atoms with Crippen LogP contribution in [0, 0.1) is 0 Å². The van der Waals surface area contributed by atoms with Crippen molar-refractivity contribution in [1.29, 1.82) is 0 Å². The van der Waals surface area contributed by atoms with Gasteiger partial charge in [-0.2, -0.15) is 5.10 Å². The summed E-state index contributed by atoms with van der Waals surface area (Å²) in [7, 11) is 2.19. The normalized spacial score (nSPS) is 19.2. The van der Waals surface area contributed by atoms with Gasteiger partial charge in [0, 0.05) is 57.1 Å². The molecular formula is C15H21N5. The highest BCUT2D eigenvalue weighted by Crippen LogP contribution is 2.40. The van der Waals surface area contributed by atoms with Gasteiger partial charge in [-0.15, -0.1) is 0 Å². The summed E-state index contributed by atoms with van der Waals surface area (Å²) in [5, 5.41) is 4.26. The van der Waals surface area contributed by atoms with Crippen LogP contribution in [0.3, 0.4) is 0 Å². The zero-order chi connectivity index (χ0) is 13.5. The van der Waals surface area contributed by atoms with Crippen LogP contribution in [-0.4, -0.2) is 37.3 Å². The summed E-state index contributed by atoms with van der Waals surface area (Å²) in [6.07, 6.45) is 7.65. The van der Waals surface area contributed by atoms with Crippen LogP contribution in [0.1, 0.15) is 36.0 Å². The molecule has 0 unspecified atom stereocenters. The molecule has 5 nitrogen and oxygen atoms in total. The predicted molar refractivity (Wildman–Crippen MR) is 76.4 cm³/mol. The van der Waals surface area contributed by atoms with Gasteiger partial charge in [0.25, 0.3) is 0 Å². The Balaban J connectivity index is 1.45. The van der Waals surface area contributed by atoms with Crippen LogP contribution in [0.15, 0.2) is 18.5 Å². The summed E-state index contributed by atoms with van der Waals surface area (Å²) in [6.45, 7) is 4.15. The second-order valence-electron chi connectivity index (χ2n) is 5.99. The van der Waals surface area contributed by atoms with Gasteiger partial charge in [0.15, 0.2) is 0 Å². The van der Waals surface area contributed by atoms with E-state index in [4.69, 9.17) is 4.98 Å². The van der Waals surface area contributed by atoms with Gasteiger partial charge in [0.1, 0.15) is 5.82 Å². The van der Waals surface area contributed by atoms with Crippen molar-refractivity contribution in [2.75, 3.05) is 13.1 Å². The van der Waals surface area contributed by atoms with Crippen molar-refractivity contribution in [3.63, 3.8) is 0 Å². The summed E-state index contributed by atoms with van der Waals surface area (Å²) in [5.41, 5.74) is 2.77. The third-order valence-corrected chi connectivity index (χ3v) is 4.52. The standard InChI is InChI=1S/C15H21N5/c1-18-14-5-8-19(9-10-20-7-2-6-16-20)11-13(14)17-15(18)12-3-4-12/h2,6-7,12H,3-5,8-11H2,1H3. The summed E-state index contributed by atoms with van der Waals surface area (Å²) in [6, 6.07) is 1.98. The first-order chi connectivity index (χ1) is 9.81. The van der Waals surface area contributed by atoms with Crippen LogP contribution in [-0.2, 0) is 26.6 Å². The van der Waals surface area contributed by atoms with E-state index in [9.17, 15) is 0 Å². The van der Waals surface area contributed by atoms with Crippen molar-refractivity contribution in [1.82, 2.24) is 24.2 Å². The van der Waals surface area contributed by atoms with E-state index in [1.54, 1.807) is 0 Å². The molecule has 0 amide bonds. The number of nitrogens with zero attached hydrogens (tertiary/aromatic N) is 5. The molecule has 1 aliphatic heterocycles. The van der Waals surface area contributed by atoms with Crippen LogP contribution in [0.4, 0.5) is 0 Å². The molecule has 0 aromatic carbocycles. The van der Waals surface area contributed by atoms with Crippen LogP contribution in [0.5, 0.6) is 0 Å². The molecule has 0 atom stereocenters. The lowest BCUT2D eigenvalue weighted by molar-refractivity contribution is 0.235. The second kappa shape index (κ2) is 4.74. The Morgan fingerprint density at radius 1 is 1.30 bits per heavy atom. The van der Waals surface area contributed by atoms with Crippen molar-refractivity contribution in [2.24, 2.45) is 7.05 Å². The highest BCUT2D eigenvalue weighted by Gasteiger charge is 2.31. The molecule has 0 saturated heterocycles. The Hall–Kier alpha value is -1.62. The monoisotopic (exact) mass is 271 g/mol. The van der Waals surface area contributed by atoms with E-state index in [1.165, 1.54) is 30.1 Å². The highest BCUT2D eigenvalue weighted by atomic mass is 15.3. The van der Waals surface area contributed by atoms with E-state index < -0.39 is 0 Å². The number of hydrogen-bond acceptors (Lipinski definition) is 3. The number of fused-ring (bicyclic) bond motifs is 1. The smallest absolute Gasteiger partial charge is 0.112 e. The van der Waals surface area contributed by atoms with Crippen LogP contribution < -0.4 is 0 Å². The van der Waals surface area contributed by atoms with Gasteiger partial charge >= 0.3 is 0 Å². The Kier molecular flexibility index (Phi) is 2.88. The van der Waals surface area contributed by atoms with Gasteiger partial charge in [-0.1, -0.05) is 0 Å². The van der Waals surface area contributed by atoms with Gasteiger partial charge in [-0.05, 0) is 18.9 Å².